The molecule has 0 spiro atoms. The maximum Gasteiger partial charge on any atom is 0.257 e. The monoisotopic (exact) mass is 441 g/mol. The molecule has 1 aromatic heterocycles. The highest BCUT2D eigenvalue weighted by atomic mass is 79.9. The molecule has 4 rings (SSSR count). The predicted octanol–water partition coefficient (Wildman–Crippen LogP) is 3.86. The number of aromatic nitrogens is 2. The number of rotatable bonds is 4. The van der Waals surface area contributed by atoms with Crippen LogP contribution in [0.2, 0.25) is 0 Å². The summed E-state index contributed by atoms with van der Waals surface area (Å²) in [5.41, 5.74) is 2.27. The summed E-state index contributed by atoms with van der Waals surface area (Å²) in [7, 11) is 1.77. The van der Waals surface area contributed by atoms with Crippen molar-refractivity contribution in [1.29, 1.82) is 0 Å². The van der Waals surface area contributed by atoms with Crippen molar-refractivity contribution in [3.63, 3.8) is 0 Å². The lowest BCUT2D eigenvalue weighted by atomic mass is 10.2. The fraction of sp³-hybridized carbons (Fsp3) is 0.238. The zero-order valence-corrected chi connectivity index (χ0v) is 17.2. The lowest BCUT2D eigenvalue weighted by molar-refractivity contribution is 0.0520. The Hall–Kier alpha value is -2.80. The first-order valence-electron chi connectivity index (χ1n) is 8.97. The average Bonchev–Trinajstić information content (AvgIpc) is 3.09. The van der Waals surface area contributed by atoms with Crippen molar-refractivity contribution in [3.8, 4) is 17.2 Å². The van der Waals surface area contributed by atoms with E-state index in [0.717, 1.165) is 21.6 Å². The number of benzene rings is 2. The quantitative estimate of drug-likeness (QED) is 0.616. The van der Waals surface area contributed by atoms with E-state index < -0.39 is 0 Å². The van der Waals surface area contributed by atoms with Crippen molar-refractivity contribution in [2.45, 2.75) is 13.0 Å². The molecule has 2 aromatic carbocycles. The highest BCUT2D eigenvalue weighted by Crippen LogP contribution is 2.31. The molecular formula is C21H20BrN3O3. The second kappa shape index (κ2) is 7.67. The summed E-state index contributed by atoms with van der Waals surface area (Å²) in [6.07, 6.45) is 1.40. The zero-order chi connectivity index (χ0) is 19.7. The van der Waals surface area contributed by atoms with Gasteiger partial charge in [0, 0.05) is 11.5 Å². The van der Waals surface area contributed by atoms with Gasteiger partial charge in [-0.05, 0) is 43.3 Å². The summed E-state index contributed by atoms with van der Waals surface area (Å²) in [6.45, 7) is 2.73. The highest BCUT2D eigenvalue weighted by Gasteiger charge is 2.25. The highest BCUT2D eigenvalue weighted by molar-refractivity contribution is 9.10. The molecule has 0 fully saturated rings. The van der Waals surface area contributed by atoms with Gasteiger partial charge in [0.15, 0.2) is 17.6 Å². The average molecular weight is 442 g/mol. The number of hydrogen-bond acceptors (Lipinski definition) is 4. The molecule has 144 valence electrons. The van der Waals surface area contributed by atoms with Crippen LogP contribution in [0.4, 0.5) is 0 Å². The van der Waals surface area contributed by atoms with Crippen LogP contribution in [0.15, 0.2) is 59.2 Å². The first-order chi connectivity index (χ1) is 13.5. The normalized spacial score (nSPS) is 15.3. The smallest absolute Gasteiger partial charge is 0.257 e. The van der Waals surface area contributed by atoms with Crippen LogP contribution in [0.5, 0.6) is 11.5 Å². The second-order valence-electron chi connectivity index (χ2n) is 6.72. The Kier molecular flexibility index (Phi) is 5.09. The largest absolute Gasteiger partial charge is 0.486 e. The summed E-state index contributed by atoms with van der Waals surface area (Å²) >= 11 is 3.43. The molecule has 2 heterocycles. The van der Waals surface area contributed by atoms with E-state index in [9.17, 15) is 4.79 Å². The zero-order valence-electron chi connectivity index (χ0n) is 15.6. The van der Waals surface area contributed by atoms with Crippen LogP contribution >= 0.6 is 15.9 Å². The van der Waals surface area contributed by atoms with Crippen LogP contribution in [0.25, 0.3) is 5.69 Å². The number of carbonyl (C=O) groups is 1. The SMILES string of the molecule is Cc1c(C(=O)N(C)C[C@@H]2COc3ccccc3O2)cnn1-c1ccc(Br)cc1. The van der Waals surface area contributed by atoms with Crippen molar-refractivity contribution in [1.82, 2.24) is 14.7 Å². The van der Waals surface area contributed by atoms with Crippen LogP contribution < -0.4 is 9.47 Å². The van der Waals surface area contributed by atoms with E-state index >= 15 is 0 Å². The van der Waals surface area contributed by atoms with Gasteiger partial charge in [-0.15, -0.1) is 0 Å². The molecule has 1 aliphatic heterocycles. The summed E-state index contributed by atoms with van der Waals surface area (Å²) in [5.74, 6) is 1.35. The fourth-order valence-corrected chi connectivity index (χ4v) is 3.47. The molecule has 1 atom stereocenters. The molecule has 0 unspecified atom stereocenters. The third-order valence-corrected chi connectivity index (χ3v) is 5.23. The van der Waals surface area contributed by atoms with Gasteiger partial charge in [0.25, 0.3) is 5.91 Å². The molecule has 0 aliphatic carbocycles. The van der Waals surface area contributed by atoms with Crippen molar-refractivity contribution in [2.24, 2.45) is 0 Å². The Morgan fingerprint density at radius 1 is 1.21 bits per heavy atom. The molecule has 0 saturated carbocycles. The van der Waals surface area contributed by atoms with Gasteiger partial charge in [-0.3, -0.25) is 4.79 Å². The molecule has 6 nitrogen and oxygen atoms in total. The Balaban J connectivity index is 1.47. The molecule has 0 bridgehead atoms. The van der Waals surface area contributed by atoms with Gasteiger partial charge in [0.1, 0.15) is 6.61 Å². The minimum Gasteiger partial charge on any atom is -0.486 e. The number of fused-ring (bicyclic) bond motifs is 1. The van der Waals surface area contributed by atoms with E-state index in [1.165, 1.54) is 0 Å². The summed E-state index contributed by atoms with van der Waals surface area (Å²) in [5, 5.41) is 4.39. The van der Waals surface area contributed by atoms with E-state index in [4.69, 9.17) is 9.47 Å². The van der Waals surface area contributed by atoms with Gasteiger partial charge in [-0.1, -0.05) is 28.1 Å². The predicted molar refractivity (Wildman–Crippen MR) is 109 cm³/mol. The van der Waals surface area contributed by atoms with Crippen LogP contribution in [-0.2, 0) is 0 Å². The molecule has 1 aliphatic rings. The van der Waals surface area contributed by atoms with Crippen LogP contribution in [0, 0.1) is 6.92 Å². The standard InChI is InChI=1S/C21H20BrN3O3/c1-14-18(11-23-25(14)16-9-7-15(22)8-10-16)21(26)24(2)12-17-13-27-19-5-3-4-6-20(19)28-17/h3-11,17H,12-13H2,1-2H3/t17-/m1/s1. The van der Waals surface area contributed by atoms with Gasteiger partial charge in [-0.25, -0.2) is 4.68 Å². The van der Waals surface area contributed by atoms with Crippen LogP contribution in [0.3, 0.4) is 0 Å². The van der Waals surface area contributed by atoms with Gasteiger partial charge >= 0.3 is 0 Å². The lowest BCUT2D eigenvalue weighted by Gasteiger charge is -2.29. The molecule has 1 amide bonds. The van der Waals surface area contributed by atoms with Gasteiger partial charge in [0.2, 0.25) is 0 Å². The van der Waals surface area contributed by atoms with E-state index in [-0.39, 0.29) is 12.0 Å². The molecule has 0 radical (unpaired) electrons. The van der Waals surface area contributed by atoms with E-state index in [1.54, 1.807) is 22.8 Å². The Morgan fingerprint density at radius 3 is 2.68 bits per heavy atom. The number of hydrogen-bond donors (Lipinski definition) is 0. The Morgan fingerprint density at radius 2 is 1.93 bits per heavy atom. The van der Waals surface area contributed by atoms with Gasteiger partial charge in [0.05, 0.1) is 29.7 Å². The maximum atomic E-state index is 13.0. The number of ether oxygens (including phenoxy) is 2. The lowest BCUT2D eigenvalue weighted by Crippen LogP contribution is -2.41. The number of amides is 1. The number of likely N-dealkylation sites (N-methyl/N-ethyl adjacent to an activating group) is 1. The second-order valence-corrected chi connectivity index (χ2v) is 7.63. The summed E-state index contributed by atoms with van der Waals surface area (Å²) in [4.78, 5) is 14.6. The van der Waals surface area contributed by atoms with Crippen molar-refractivity contribution in [3.05, 3.63) is 70.5 Å². The Bertz CT molecular complexity index is 1000. The van der Waals surface area contributed by atoms with Crippen molar-refractivity contribution >= 4 is 21.8 Å². The molecule has 7 heteroatoms. The third-order valence-electron chi connectivity index (χ3n) is 4.70. The van der Waals surface area contributed by atoms with Gasteiger partial charge in [-0.2, -0.15) is 5.10 Å². The van der Waals surface area contributed by atoms with Crippen molar-refractivity contribution < 1.29 is 14.3 Å². The summed E-state index contributed by atoms with van der Waals surface area (Å²) < 4.78 is 14.5. The minimum atomic E-state index is -0.217. The summed E-state index contributed by atoms with van der Waals surface area (Å²) in [6, 6.07) is 15.4. The maximum absolute atomic E-state index is 13.0. The third kappa shape index (κ3) is 3.62. The van der Waals surface area contributed by atoms with Crippen molar-refractivity contribution in [2.75, 3.05) is 20.2 Å². The van der Waals surface area contributed by atoms with Crippen LogP contribution in [-0.4, -0.2) is 46.9 Å². The minimum absolute atomic E-state index is 0.0941. The van der Waals surface area contributed by atoms with E-state index in [2.05, 4.69) is 21.0 Å². The number of halogens is 1. The molecule has 0 N–H and O–H groups in total. The van der Waals surface area contributed by atoms with E-state index in [1.807, 2.05) is 55.5 Å². The fourth-order valence-electron chi connectivity index (χ4n) is 3.21. The Labute approximate surface area is 171 Å². The number of nitrogens with zero attached hydrogens (tertiary/aromatic N) is 3. The number of para-hydroxylation sites is 2. The molecule has 3 aromatic rings. The number of carbonyl (C=O) groups excluding carboxylic acids is 1. The van der Waals surface area contributed by atoms with E-state index in [0.29, 0.717) is 24.5 Å². The molecular weight excluding hydrogens is 422 g/mol. The van der Waals surface area contributed by atoms with Gasteiger partial charge < -0.3 is 14.4 Å². The first-order valence-corrected chi connectivity index (χ1v) is 9.77. The first kappa shape index (κ1) is 18.6. The molecule has 0 saturated heterocycles. The topological polar surface area (TPSA) is 56.6 Å². The van der Waals surface area contributed by atoms with Crippen LogP contribution in [0.1, 0.15) is 16.1 Å². The molecule has 28 heavy (non-hydrogen) atoms.